The summed E-state index contributed by atoms with van der Waals surface area (Å²) in [6.07, 6.45) is 0. The van der Waals surface area contributed by atoms with Gasteiger partial charge in [0, 0.05) is 34.5 Å². The number of hydrogen-bond acceptors (Lipinski definition) is 6. The van der Waals surface area contributed by atoms with Gasteiger partial charge >= 0.3 is 0 Å². The molecule has 0 N–H and O–H groups in total. The topological polar surface area (TPSA) is 80.5 Å². The molecular formula is C17H16N2O4S3. The van der Waals surface area contributed by atoms with Crippen LogP contribution in [-0.4, -0.2) is 17.6 Å². The van der Waals surface area contributed by atoms with Gasteiger partial charge in [0.2, 0.25) is 10.0 Å². The maximum Gasteiger partial charge on any atom is 0.273 e. The van der Waals surface area contributed by atoms with Gasteiger partial charge in [-0.25, -0.2) is 8.42 Å². The van der Waals surface area contributed by atoms with Gasteiger partial charge in [0.05, 0.1) is 9.82 Å². The van der Waals surface area contributed by atoms with Gasteiger partial charge in [0.1, 0.15) is 0 Å². The number of benzene rings is 1. The third kappa shape index (κ3) is 4.01. The van der Waals surface area contributed by atoms with Crippen molar-refractivity contribution in [3.63, 3.8) is 0 Å². The molecule has 0 aliphatic heterocycles. The van der Waals surface area contributed by atoms with E-state index in [4.69, 9.17) is 0 Å². The van der Waals surface area contributed by atoms with E-state index in [-0.39, 0.29) is 23.7 Å². The molecule has 0 fully saturated rings. The molecule has 0 aliphatic rings. The van der Waals surface area contributed by atoms with Gasteiger partial charge in [-0.1, -0.05) is 18.2 Å². The molecule has 2 aromatic heterocycles. The standard InChI is InChI=1S/C17H16N2O4S3/c1-13-6-7-16(10-17(13)19(20)21)26(22,23)18(11-14-4-2-8-24-14)12-15-5-3-9-25-15/h2-10H,11-12H2,1H3. The van der Waals surface area contributed by atoms with Gasteiger partial charge in [-0.2, -0.15) is 4.31 Å². The van der Waals surface area contributed by atoms with Crippen LogP contribution in [0.5, 0.6) is 0 Å². The molecule has 0 bridgehead atoms. The number of rotatable bonds is 7. The van der Waals surface area contributed by atoms with E-state index >= 15 is 0 Å². The third-order valence-corrected chi connectivity index (χ3v) is 7.35. The molecule has 9 heteroatoms. The molecule has 1 aromatic carbocycles. The Balaban J connectivity index is 2.00. The molecule has 6 nitrogen and oxygen atoms in total. The summed E-state index contributed by atoms with van der Waals surface area (Å²) in [7, 11) is -3.88. The SMILES string of the molecule is Cc1ccc(S(=O)(=O)N(Cc2cccs2)Cc2cccs2)cc1[N+](=O)[O-]. The van der Waals surface area contributed by atoms with Gasteiger partial charge in [0.25, 0.3) is 5.69 Å². The van der Waals surface area contributed by atoms with Crippen molar-refractivity contribution in [3.05, 3.63) is 78.7 Å². The summed E-state index contributed by atoms with van der Waals surface area (Å²) >= 11 is 2.95. The molecule has 3 rings (SSSR count). The molecule has 0 spiro atoms. The summed E-state index contributed by atoms with van der Waals surface area (Å²) in [5.41, 5.74) is 0.232. The second-order valence-electron chi connectivity index (χ2n) is 5.64. The lowest BCUT2D eigenvalue weighted by Gasteiger charge is -2.21. The van der Waals surface area contributed by atoms with E-state index in [1.165, 1.54) is 39.1 Å². The van der Waals surface area contributed by atoms with Crippen LogP contribution in [0.15, 0.2) is 58.1 Å². The fourth-order valence-electron chi connectivity index (χ4n) is 2.47. The molecule has 3 aromatic rings. The number of hydrogen-bond donors (Lipinski definition) is 0. The molecule has 0 aliphatic carbocycles. The van der Waals surface area contributed by atoms with Gasteiger partial charge in [-0.15, -0.1) is 22.7 Å². The maximum absolute atomic E-state index is 13.2. The Bertz CT molecular complexity index is 961. The second-order valence-corrected chi connectivity index (χ2v) is 9.64. The minimum absolute atomic E-state index is 0.0667. The van der Waals surface area contributed by atoms with Crippen LogP contribution in [-0.2, 0) is 23.1 Å². The summed E-state index contributed by atoms with van der Waals surface area (Å²) in [4.78, 5) is 12.4. The quantitative estimate of drug-likeness (QED) is 0.428. The second kappa shape index (κ2) is 7.67. The fourth-order valence-corrected chi connectivity index (χ4v) is 5.49. The molecule has 136 valence electrons. The van der Waals surface area contributed by atoms with E-state index in [1.54, 1.807) is 6.92 Å². The van der Waals surface area contributed by atoms with E-state index in [9.17, 15) is 18.5 Å². The highest BCUT2D eigenvalue weighted by Gasteiger charge is 2.28. The number of thiophene rings is 2. The Labute approximate surface area is 159 Å². The van der Waals surface area contributed by atoms with E-state index in [0.717, 1.165) is 15.8 Å². The monoisotopic (exact) mass is 408 g/mol. The minimum atomic E-state index is -3.88. The van der Waals surface area contributed by atoms with Crippen LogP contribution >= 0.6 is 22.7 Å². The third-order valence-electron chi connectivity index (χ3n) is 3.84. The number of aryl methyl sites for hydroxylation is 1. The number of nitro groups is 1. The molecule has 0 atom stereocenters. The van der Waals surface area contributed by atoms with Crippen LogP contribution in [0.3, 0.4) is 0 Å². The zero-order chi connectivity index (χ0) is 18.7. The van der Waals surface area contributed by atoms with E-state index in [2.05, 4.69) is 0 Å². The Morgan fingerprint density at radius 3 is 2.08 bits per heavy atom. The van der Waals surface area contributed by atoms with Crippen LogP contribution in [0, 0.1) is 17.0 Å². The first-order valence-electron chi connectivity index (χ1n) is 7.68. The predicted molar refractivity (Wildman–Crippen MR) is 103 cm³/mol. The smallest absolute Gasteiger partial charge is 0.258 e. The lowest BCUT2D eigenvalue weighted by Crippen LogP contribution is -2.29. The van der Waals surface area contributed by atoms with Crippen molar-refractivity contribution in [1.82, 2.24) is 4.31 Å². The van der Waals surface area contributed by atoms with Crippen LogP contribution in [0.4, 0.5) is 5.69 Å². The molecular weight excluding hydrogens is 392 g/mol. The molecule has 2 heterocycles. The molecule has 26 heavy (non-hydrogen) atoms. The largest absolute Gasteiger partial charge is 0.273 e. The van der Waals surface area contributed by atoms with E-state index < -0.39 is 14.9 Å². The first kappa shape index (κ1) is 18.7. The zero-order valence-electron chi connectivity index (χ0n) is 13.9. The summed E-state index contributed by atoms with van der Waals surface area (Å²) in [6, 6.07) is 11.5. The summed E-state index contributed by atoms with van der Waals surface area (Å²) < 4.78 is 27.7. The van der Waals surface area contributed by atoms with E-state index in [0.29, 0.717) is 5.56 Å². The van der Waals surface area contributed by atoms with Crippen LogP contribution in [0.2, 0.25) is 0 Å². The highest BCUT2D eigenvalue weighted by molar-refractivity contribution is 7.89. The van der Waals surface area contributed by atoms with Gasteiger partial charge in [0.15, 0.2) is 0 Å². The lowest BCUT2D eigenvalue weighted by atomic mass is 10.2. The Morgan fingerprint density at radius 1 is 1.04 bits per heavy atom. The first-order chi connectivity index (χ1) is 12.4. The Kier molecular flexibility index (Phi) is 5.52. The average Bonchev–Trinajstić information content (AvgIpc) is 3.28. The van der Waals surface area contributed by atoms with Crippen LogP contribution in [0.1, 0.15) is 15.3 Å². The Morgan fingerprint density at radius 2 is 1.62 bits per heavy atom. The number of nitrogens with zero attached hydrogens (tertiary/aromatic N) is 2. The van der Waals surface area contributed by atoms with Crippen molar-refractivity contribution >= 4 is 38.4 Å². The highest BCUT2D eigenvalue weighted by Crippen LogP contribution is 2.28. The predicted octanol–water partition coefficient (Wildman–Crippen LogP) is 4.42. The molecule has 0 radical (unpaired) electrons. The normalized spacial score (nSPS) is 11.8. The highest BCUT2D eigenvalue weighted by atomic mass is 32.2. The number of nitro benzene ring substituents is 1. The van der Waals surface area contributed by atoms with Crippen molar-refractivity contribution < 1.29 is 13.3 Å². The molecule has 0 saturated carbocycles. The molecule has 0 unspecified atom stereocenters. The molecule has 0 amide bonds. The van der Waals surface area contributed by atoms with E-state index in [1.807, 2.05) is 35.0 Å². The molecule has 0 saturated heterocycles. The van der Waals surface area contributed by atoms with Crippen molar-refractivity contribution in [2.24, 2.45) is 0 Å². The van der Waals surface area contributed by atoms with Crippen molar-refractivity contribution in [2.75, 3.05) is 0 Å². The van der Waals surface area contributed by atoms with Gasteiger partial charge in [-0.3, -0.25) is 10.1 Å². The van der Waals surface area contributed by atoms with Crippen molar-refractivity contribution in [2.45, 2.75) is 24.9 Å². The Hall–Kier alpha value is -2.07. The minimum Gasteiger partial charge on any atom is -0.258 e. The van der Waals surface area contributed by atoms with Crippen LogP contribution < -0.4 is 0 Å². The fraction of sp³-hybridized carbons (Fsp3) is 0.176. The maximum atomic E-state index is 13.2. The van der Waals surface area contributed by atoms with Gasteiger partial charge < -0.3 is 0 Å². The summed E-state index contributed by atoms with van der Waals surface area (Å²) in [6.45, 7) is 2.03. The summed E-state index contributed by atoms with van der Waals surface area (Å²) in [5, 5.41) is 15.0. The van der Waals surface area contributed by atoms with Crippen molar-refractivity contribution in [3.8, 4) is 0 Å². The number of sulfonamides is 1. The summed E-state index contributed by atoms with van der Waals surface area (Å²) in [5.74, 6) is 0. The van der Waals surface area contributed by atoms with Crippen LogP contribution in [0.25, 0.3) is 0 Å². The lowest BCUT2D eigenvalue weighted by molar-refractivity contribution is -0.385. The average molecular weight is 409 g/mol. The zero-order valence-corrected chi connectivity index (χ0v) is 16.3. The first-order valence-corrected chi connectivity index (χ1v) is 10.9. The van der Waals surface area contributed by atoms with Crippen molar-refractivity contribution in [1.29, 1.82) is 0 Å². The van der Waals surface area contributed by atoms with Gasteiger partial charge in [-0.05, 0) is 35.9 Å².